The Balaban J connectivity index is 1.55. The first-order chi connectivity index (χ1) is 14.4. The summed E-state index contributed by atoms with van der Waals surface area (Å²) in [6.07, 6.45) is 17.6. The summed E-state index contributed by atoms with van der Waals surface area (Å²) in [4.78, 5) is 0. The summed E-state index contributed by atoms with van der Waals surface area (Å²) in [5.74, 6) is 1.88. The molecule has 0 N–H and O–H groups in total. The van der Waals surface area contributed by atoms with Gasteiger partial charge < -0.3 is 4.42 Å². The average molecular weight is 395 g/mol. The molecule has 3 aliphatic carbocycles. The van der Waals surface area contributed by atoms with E-state index in [9.17, 15) is 0 Å². The quantitative estimate of drug-likeness (QED) is 0.607. The van der Waals surface area contributed by atoms with Crippen LogP contribution in [0.2, 0.25) is 0 Å². The maximum atomic E-state index is 6.08. The number of benzene rings is 1. The fraction of sp³-hybridized carbons (Fsp3) is 0.310. The monoisotopic (exact) mass is 394 g/mol. The molecule has 1 heterocycles. The molecule has 1 aromatic heterocycles. The van der Waals surface area contributed by atoms with E-state index >= 15 is 0 Å². The van der Waals surface area contributed by atoms with Gasteiger partial charge in [0.25, 0.3) is 0 Å². The number of hydrogen-bond acceptors (Lipinski definition) is 1. The van der Waals surface area contributed by atoms with Crippen LogP contribution in [-0.4, -0.2) is 0 Å². The van der Waals surface area contributed by atoms with E-state index in [2.05, 4.69) is 69.9 Å². The van der Waals surface area contributed by atoms with Gasteiger partial charge in [0.2, 0.25) is 0 Å². The summed E-state index contributed by atoms with van der Waals surface area (Å²) in [5.41, 5.74) is 9.63. The van der Waals surface area contributed by atoms with Gasteiger partial charge in [-0.1, -0.05) is 80.1 Å². The second-order valence-corrected chi connectivity index (χ2v) is 9.47. The molecule has 5 rings (SSSR count). The molecular formula is C29H30O. The SMILES string of the molecule is C=Cc1c(/C=C\C)oc2c1=CC(C1=CC=C3c4ccc(C)cc4C(C)(C)C3C1)CC=2. The fourth-order valence-corrected chi connectivity index (χ4v) is 5.62. The summed E-state index contributed by atoms with van der Waals surface area (Å²) >= 11 is 0. The molecule has 152 valence electrons. The lowest BCUT2D eigenvalue weighted by Gasteiger charge is -2.33. The molecule has 1 heteroatoms. The van der Waals surface area contributed by atoms with E-state index in [1.807, 2.05) is 25.2 Å². The summed E-state index contributed by atoms with van der Waals surface area (Å²) in [7, 11) is 0. The van der Waals surface area contributed by atoms with Crippen LogP contribution in [-0.2, 0) is 5.41 Å². The normalized spacial score (nSPS) is 23.6. The smallest absolute Gasteiger partial charge is 0.135 e. The van der Waals surface area contributed by atoms with Crippen LogP contribution >= 0.6 is 0 Å². The van der Waals surface area contributed by atoms with E-state index < -0.39 is 0 Å². The van der Waals surface area contributed by atoms with Crippen molar-refractivity contribution in [3.8, 4) is 0 Å². The van der Waals surface area contributed by atoms with Crippen molar-refractivity contribution in [3.05, 3.63) is 87.2 Å². The van der Waals surface area contributed by atoms with Crippen molar-refractivity contribution in [2.75, 3.05) is 0 Å². The number of fused-ring (bicyclic) bond motifs is 4. The van der Waals surface area contributed by atoms with E-state index in [1.165, 1.54) is 33.1 Å². The van der Waals surface area contributed by atoms with E-state index in [4.69, 9.17) is 4.42 Å². The lowest BCUT2D eigenvalue weighted by molar-refractivity contribution is 0.400. The van der Waals surface area contributed by atoms with Crippen LogP contribution in [0.4, 0.5) is 0 Å². The Kier molecular flexibility index (Phi) is 4.39. The van der Waals surface area contributed by atoms with Gasteiger partial charge in [-0.3, -0.25) is 0 Å². The molecule has 0 saturated heterocycles. The van der Waals surface area contributed by atoms with Crippen LogP contribution in [0.25, 0.3) is 29.9 Å². The zero-order valence-corrected chi connectivity index (χ0v) is 18.5. The van der Waals surface area contributed by atoms with Crippen molar-refractivity contribution in [2.24, 2.45) is 11.8 Å². The molecule has 2 atom stereocenters. The van der Waals surface area contributed by atoms with E-state index in [0.29, 0.717) is 11.8 Å². The van der Waals surface area contributed by atoms with Crippen molar-refractivity contribution in [1.29, 1.82) is 0 Å². The highest BCUT2D eigenvalue weighted by Gasteiger charge is 2.44. The molecule has 0 aliphatic heterocycles. The first-order valence-electron chi connectivity index (χ1n) is 11.1. The number of allylic oxidation sites excluding steroid dienone is 5. The molecule has 0 radical (unpaired) electrons. The van der Waals surface area contributed by atoms with Crippen LogP contribution in [0, 0.1) is 18.8 Å². The van der Waals surface area contributed by atoms with Crippen molar-refractivity contribution in [1.82, 2.24) is 0 Å². The van der Waals surface area contributed by atoms with Crippen LogP contribution in [0.3, 0.4) is 0 Å². The molecule has 3 aliphatic rings. The lowest BCUT2D eigenvalue weighted by atomic mass is 9.70. The Morgan fingerprint density at radius 1 is 1.20 bits per heavy atom. The molecule has 1 nitrogen and oxygen atoms in total. The van der Waals surface area contributed by atoms with Gasteiger partial charge in [0.1, 0.15) is 11.2 Å². The number of rotatable bonds is 3. The Morgan fingerprint density at radius 2 is 2.03 bits per heavy atom. The molecular weight excluding hydrogens is 364 g/mol. The van der Waals surface area contributed by atoms with Crippen molar-refractivity contribution in [3.63, 3.8) is 0 Å². The molecule has 2 unspecified atom stereocenters. The van der Waals surface area contributed by atoms with Crippen LogP contribution in [0.5, 0.6) is 0 Å². The number of aryl methyl sites for hydroxylation is 1. The van der Waals surface area contributed by atoms with Crippen molar-refractivity contribution in [2.45, 2.75) is 46.0 Å². The molecule has 30 heavy (non-hydrogen) atoms. The largest absolute Gasteiger partial charge is 0.456 e. The van der Waals surface area contributed by atoms with Crippen LogP contribution < -0.4 is 10.6 Å². The summed E-state index contributed by atoms with van der Waals surface area (Å²) in [6, 6.07) is 6.97. The third-order valence-corrected chi connectivity index (χ3v) is 7.31. The summed E-state index contributed by atoms with van der Waals surface area (Å²) in [6.45, 7) is 13.1. The van der Waals surface area contributed by atoms with E-state index in [-0.39, 0.29) is 5.41 Å². The predicted octanol–water partition coefficient (Wildman–Crippen LogP) is 6.17. The Morgan fingerprint density at radius 3 is 2.80 bits per heavy atom. The van der Waals surface area contributed by atoms with E-state index in [1.54, 1.807) is 0 Å². The molecule has 1 aromatic carbocycles. The highest BCUT2D eigenvalue weighted by Crippen LogP contribution is 2.54. The maximum absolute atomic E-state index is 6.08. The average Bonchev–Trinajstić information content (AvgIpc) is 3.19. The molecule has 0 saturated carbocycles. The van der Waals surface area contributed by atoms with Crippen molar-refractivity contribution >= 4 is 29.9 Å². The molecule has 0 amide bonds. The first-order valence-corrected chi connectivity index (χ1v) is 11.1. The van der Waals surface area contributed by atoms with Gasteiger partial charge in [-0.25, -0.2) is 0 Å². The molecule has 0 fully saturated rings. The third kappa shape index (κ3) is 2.75. The second-order valence-electron chi connectivity index (χ2n) is 9.47. The van der Waals surface area contributed by atoms with Gasteiger partial charge in [0.05, 0.1) is 0 Å². The molecule has 0 spiro atoms. The number of furan rings is 1. The van der Waals surface area contributed by atoms with E-state index in [0.717, 1.165) is 29.6 Å². The minimum Gasteiger partial charge on any atom is -0.456 e. The zero-order valence-electron chi connectivity index (χ0n) is 18.5. The number of hydrogen-bond donors (Lipinski definition) is 0. The third-order valence-electron chi connectivity index (χ3n) is 7.31. The predicted molar refractivity (Wildman–Crippen MR) is 128 cm³/mol. The van der Waals surface area contributed by atoms with Gasteiger partial charge >= 0.3 is 0 Å². The lowest BCUT2D eigenvalue weighted by Crippen LogP contribution is -2.30. The first kappa shape index (κ1) is 19.2. The standard InChI is InChI=1S/C29H30O/c1-6-8-27-21(7-2)24-16-19(11-14-28(24)30-27)20-10-13-23-22-12-9-18(3)15-25(22)29(4,5)26(23)17-20/h6-10,12-16,19,26H,2,11,17H2,1,3-5H3/b8-6-. The van der Waals surface area contributed by atoms with Gasteiger partial charge in [-0.15, -0.1) is 0 Å². The van der Waals surface area contributed by atoms with Crippen LogP contribution in [0.15, 0.2) is 53.0 Å². The molecule has 0 bridgehead atoms. The maximum Gasteiger partial charge on any atom is 0.135 e. The Labute approximate surface area is 179 Å². The zero-order chi connectivity index (χ0) is 21.0. The topological polar surface area (TPSA) is 13.1 Å². The second kappa shape index (κ2) is 6.87. The van der Waals surface area contributed by atoms with Crippen LogP contribution in [0.1, 0.15) is 61.6 Å². The summed E-state index contributed by atoms with van der Waals surface area (Å²) < 4.78 is 6.08. The van der Waals surface area contributed by atoms with Gasteiger partial charge in [0.15, 0.2) is 0 Å². The van der Waals surface area contributed by atoms with Crippen molar-refractivity contribution < 1.29 is 4.42 Å². The summed E-state index contributed by atoms with van der Waals surface area (Å²) in [5, 5.41) is 1.20. The minimum atomic E-state index is 0.164. The molecule has 2 aromatic rings. The minimum absolute atomic E-state index is 0.164. The highest BCUT2D eigenvalue weighted by molar-refractivity contribution is 5.80. The van der Waals surface area contributed by atoms with Gasteiger partial charge in [0, 0.05) is 16.7 Å². The van der Waals surface area contributed by atoms with Gasteiger partial charge in [-0.05, 0) is 66.9 Å². The fourth-order valence-electron chi connectivity index (χ4n) is 5.62. The Hall–Kier alpha value is -2.80. The van der Waals surface area contributed by atoms with Gasteiger partial charge in [-0.2, -0.15) is 0 Å². The highest BCUT2D eigenvalue weighted by atomic mass is 16.3. The Bertz CT molecular complexity index is 1260.